The molecule has 0 aliphatic rings. The zero-order valence-electron chi connectivity index (χ0n) is 15.7. The van der Waals surface area contributed by atoms with Gasteiger partial charge in [-0.2, -0.15) is 10.2 Å². The smallest absolute Gasteiger partial charge is 0.283 e. The number of nitrogens with zero attached hydrogens (tertiary/aromatic N) is 4. The van der Waals surface area contributed by atoms with Crippen LogP contribution in [-0.2, 0) is 11.3 Å². The van der Waals surface area contributed by atoms with Crippen molar-refractivity contribution >= 4 is 46.5 Å². The Morgan fingerprint density at radius 2 is 1.74 bits per heavy atom. The van der Waals surface area contributed by atoms with Crippen molar-refractivity contribution in [3.05, 3.63) is 62.5 Å². The zero-order valence-corrected chi connectivity index (χ0v) is 17.9. The number of hydrogen-bond donors (Lipinski definition) is 1. The molecule has 1 unspecified atom stereocenters. The molecule has 166 valence electrons. The third kappa shape index (κ3) is 4.97. The molecule has 1 N–H and O–H groups in total. The minimum absolute atomic E-state index is 0.0449. The topological polar surface area (TPSA) is 64.7 Å². The molecule has 0 saturated heterocycles. The van der Waals surface area contributed by atoms with Crippen LogP contribution in [0.1, 0.15) is 42.8 Å². The monoisotopic (exact) mass is 497 g/mol. The number of nitrogens with one attached hydrogen (secondary N) is 1. The maximum atomic E-state index is 13.4. The summed E-state index contributed by atoms with van der Waals surface area (Å²) in [5.41, 5.74) is -1.25. The third-order valence-corrected chi connectivity index (χ3v) is 5.35. The Balaban J connectivity index is 1.82. The van der Waals surface area contributed by atoms with E-state index in [9.17, 15) is 22.4 Å². The average molecular weight is 499 g/mol. The third-order valence-electron chi connectivity index (χ3n) is 4.32. The fourth-order valence-corrected chi connectivity index (χ4v) is 3.45. The van der Waals surface area contributed by atoms with E-state index in [-0.39, 0.29) is 17.4 Å². The largest absolute Gasteiger partial charge is 0.306 e. The lowest BCUT2D eigenvalue weighted by molar-refractivity contribution is -0.119. The first-order valence-electron chi connectivity index (χ1n) is 8.71. The molecule has 2 heterocycles. The van der Waals surface area contributed by atoms with E-state index in [1.165, 1.54) is 17.8 Å². The van der Waals surface area contributed by atoms with E-state index in [1.54, 1.807) is 24.3 Å². The molecule has 6 nitrogen and oxygen atoms in total. The number of amides is 1. The lowest BCUT2D eigenvalue weighted by Crippen LogP contribution is -2.26. The molecule has 0 saturated carbocycles. The van der Waals surface area contributed by atoms with Crippen LogP contribution in [0.5, 0.6) is 0 Å². The van der Waals surface area contributed by atoms with Gasteiger partial charge in [-0.05, 0) is 18.6 Å². The Bertz CT molecular complexity index is 1100. The molecule has 31 heavy (non-hydrogen) atoms. The van der Waals surface area contributed by atoms with Crippen molar-refractivity contribution < 1.29 is 22.4 Å². The highest BCUT2D eigenvalue weighted by Gasteiger charge is 2.32. The molecule has 1 atom stereocenters. The van der Waals surface area contributed by atoms with Crippen LogP contribution in [0.4, 0.5) is 23.4 Å². The molecular formula is C18H14Cl3F4N5O. The lowest BCUT2D eigenvalue weighted by atomic mass is 10.2. The fraction of sp³-hybridized carbons (Fsp3) is 0.278. The van der Waals surface area contributed by atoms with Crippen LogP contribution in [0.3, 0.4) is 0 Å². The van der Waals surface area contributed by atoms with E-state index < -0.39 is 41.2 Å². The minimum atomic E-state index is -3.22. The number of alkyl halides is 4. The predicted molar refractivity (Wildman–Crippen MR) is 108 cm³/mol. The second-order valence-corrected chi connectivity index (χ2v) is 7.60. The highest BCUT2D eigenvalue weighted by atomic mass is 35.5. The Kier molecular flexibility index (Phi) is 7.13. The molecule has 1 amide bonds. The number of halogens is 7. The van der Waals surface area contributed by atoms with Crippen LogP contribution in [0.25, 0.3) is 0 Å². The molecule has 0 aliphatic heterocycles. The standard InChI is InChI=1S/C18H14Cl3F4N5O/c1-8(30-14(16(24)25)12(21)13(27-30)15(22)23)18(31)26-17-11(20)7-29(28-17)6-9-4-2-3-5-10(9)19/h2-5,7-8,15-16H,6H2,1H3,(H,26,28,31). The molecule has 2 aromatic heterocycles. The first-order valence-corrected chi connectivity index (χ1v) is 9.84. The highest BCUT2D eigenvalue weighted by molar-refractivity contribution is 6.33. The van der Waals surface area contributed by atoms with Crippen LogP contribution in [0.15, 0.2) is 30.5 Å². The second-order valence-electron chi connectivity index (χ2n) is 6.41. The zero-order chi connectivity index (χ0) is 22.9. The quantitative estimate of drug-likeness (QED) is 0.397. The summed E-state index contributed by atoms with van der Waals surface area (Å²) in [7, 11) is 0. The van der Waals surface area contributed by atoms with Gasteiger partial charge < -0.3 is 5.32 Å². The number of hydrogen-bond acceptors (Lipinski definition) is 3. The number of carbonyl (C=O) groups excluding carboxylic acids is 1. The van der Waals surface area contributed by atoms with Crippen molar-refractivity contribution in [1.29, 1.82) is 0 Å². The summed E-state index contributed by atoms with van der Waals surface area (Å²) in [5.74, 6) is -0.900. The Labute approximate surface area is 188 Å². The van der Waals surface area contributed by atoms with Gasteiger partial charge in [-0.3, -0.25) is 9.48 Å². The van der Waals surface area contributed by atoms with Crippen LogP contribution >= 0.6 is 34.8 Å². The number of aromatic nitrogens is 4. The molecular weight excluding hydrogens is 485 g/mol. The van der Waals surface area contributed by atoms with Crippen molar-refractivity contribution in [3.63, 3.8) is 0 Å². The summed E-state index contributed by atoms with van der Waals surface area (Å²) in [6.07, 6.45) is -4.97. The van der Waals surface area contributed by atoms with Gasteiger partial charge in [0.25, 0.3) is 12.9 Å². The van der Waals surface area contributed by atoms with Crippen molar-refractivity contribution in [2.45, 2.75) is 32.4 Å². The first-order chi connectivity index (χ1) is 14.6. The maximum absolute atomic E-state index is 13.4. The van der Waals surface area contributed by atoms with Crippen molar-refractivity contribution in [1.82, 2.24) is 19.6 Å². The second kappa shape index (κ2) is 9.46. The van der Waals surface area contributed by atoms with Crippen LogP contribution in [0.2, 0.25) is 15.1 Å². The lowest BCUT2D eigenvalue weighted by Gasteiger charge is -2.15. The molecule has 0 aliphatic carbocycles. The molecule has 1 aromatic carbocycles. The fourth-order valence-electron chi connectivity index (χ4n) is 2.77. The van der Waals surface area contributed by atoms with E-state index in [0.29, 0.717) is 9.70 Å². The average Bonchev–Trinajstić information content (AvgIpc) is 3.22. The summed E-state index contributed by atoms with van der Waals surface area (Å²) in [6.45, 7) is 1.46. The van der Waals surface area contributed by atoms with E-state index >= 15 is 0 Å². The molecule has 0 spiro atoms. The summed E-state index contributed by atoms with van der Waals surface area (Å²) in [5, 5.41) is 9.64. The number of rotatable bonds is 7. The Morgan fingerprint density at radius 3 is 2.35 bits per heavy atom. The van der Waals surface area contributed by atoms with Gasteiger partial charge in [0.2, 0.25) is 5.91 Å². The molecule has 13 heteroatoms. The summed E-state index contributed by atoms with van der Waals surface area (Å²) in [6, 6.07) is 5.64. The van der Waals surface area contributed by atoms with Gasteiger partial charge in [0.15, 0.2) is 5.82 Å². The van der Waals surface area contributed by atoms with Gasteiger partial charge in [0, 0.05) is 11.2 Å². The summed E-state index contributed by atoms with van der Waals surface area (Å²) < 4.78 is 54.6. The van der Waals surface area contributed by atoms with E-state index in [2.05, 4.69) is 15.5 Å². The maximum Gasteiger partial charge on any atom is 0.283 e. The highest BCUT2D eigenvalue weighted by Crippen LogP contribution is 2.36. The molecule has 0 fully saturated rings. The normalized spacial score (nSPS) is 12.6. The SMILES string of the molecule is CC(C(=O)Nc1nn(Cc2ccccc2Cl)cc1Cl)n1nc(C(F)F)c(Cl)c1C(F)F. The number of carbonyl (C=O) groups is 1. The molecule has 0 bridgehead atoms. The van der Waals surface area contributed by atoms with Crippen molar-refractivity contribution in [2.75, 3.05) is 5.32 Å². The van der Waals surface area contributed by atoms with E-state index in [0.717, 1.165) is 5.56 Å². The van der Waals surface area contributed by atoms with Gasteiger partial charge >= 0.3 is 0 Å². The molecule has 3 aromatic rings. The van der Waals surface area contributed by atoms with Crippen molar-refractivity contribution in [2.24, 2.45) is 0 Å². The van der Waals surface area contributed by atoms with E-state index in [1.807, 2.05) is 0 Å². The van der Waals surface area contributed by atoms with Gasteiger partial charge in [-0.15, -0.1) is 0 Å². The first kappa shape index (κ1) is 23.4. The number of anilines is 1. The van der Waals surface area contributed by atoms with Crippen LogP contribution in [0, 0.1) is 0 Å². The summed E-state index contributed by atoms with van der Waals surface area (Å²) >= 11 is 17.8. The van der Waals surface area contributed by atoms with Crippen molar-refractivity contribution in [3.8, 4) is 0 Å². The van der Waals surface area contributed by atoms with Crippen LogP contribution < -0.4 is 5.32 Å². The molecule has 3 rings (SSSR count). The van der Waals surface area contributed by atoms with E-state index in [4.69, 9.17) is 34.8 Å². The number of benzene rings is 1. The van der Waals surface area contributed by atoms with Gasteiger partial charge in [-0.1, -0.05) is 53.0 Å². The van der Waals surface area contributed by atoms with Crippen LogP contribution in [-0.4, -0.2) is 25.5 Å². The predicted octanol–water partition coefficient (Wildman–Crippen LogP) is 6.16. The Hall–Kier alpha value is -2.30. The van der Waals surface area contributed by atoms with Gasteiger partial charge in [-0.25, -0.2) is 22.2 Å². The molecule has 0 radical (unpaired) electrons. The van der Waals surface area contributed by atoms with Gasteiger partial charge in [0.05, 0.1) is 11.6 Å². The van der Waals surface area contributed by atoms with Gasteiger partial charge in [0.1, 0.15) is 22.5 Å². The Morgan fingerprint density at radius 1 is 1.06 bits per heavy atom. The summed E-state index contributed by atoms with van der Waals surface area (Å²) in [4.78, 5) is 12.6. The minimum Gasteiger partial charge on any atom is -0.306 e.